The third kappa shape index (κ3) is 7.54. The Morgan fingerprint density at radius 3 is 1.73 bits per heavy atom. The monoisotopic (exact) mass is 922 g/mol. The molecule has 0 N–H and O–H groups in total. The van der Waals surface area contributed by atoms with Gasteiger partial charge in [0, 0.05) is 23.0 Å². The van der Waals surface area contributed by atoms with Crippen molar-refractivity contribution in [2.24, 2.45) is 0 Å². The molecule has 0 atom stereocenters. The van der Waals surface area contributed by atoms with Crippen molar-refractivity contribution >= 4 is 32.8 Å². The van der Waals surface area contributed by atoms with Crippen molar-refractivity contribution in [1.82, 2.24) is 14.1 Å². The van der Waals surface area contributed by atoms with E-state index >= 15 is 0 Å². The van der Waals surface area contributed by atoms with Crippen LogP contribution in [0.5, 0.6) is 11.5 Å². The molecule has 5 heteroatoms. The third-order valence-corrected chi connectivity index (χ3v) is 14.5. The molecular formula is C66H58N4O. The fraction of sp³-hybridized carbons (Fsp3) is 0.182. The summed E-state index contributed by atoms with van der Waals surface area (Å²) in [5.41, 5.74) is 19.3. The molecule has 0 fully saturated rings. The molecule has 0 radical (unpaired) electrons. The molecule has 0 amide bonds. The average molecular weight is 923 g/mol. The van der Waals surface area contributed by atoms with Crippen LogP contribution in [-0.2, 0) is 16.2 Å². The highest BCUT2D eigenvalue weighted by Gasteiger charge is 2.29. The van der Waals surface area contributed by atoms with Crippen LogP contribution in [0.4, 0.5) is 0 Å². The molecule has 71 heavy (non-hydrogen) atoms. The Morgan fingerprint density at radius 1 is 0.437 bits per heavy atom. The Labute approximate surface area is 417 Å². The number of hydrogen-bond donors (Lipinski definition) is 0. The topological polar surface area (TPSA) is 35.9 Å². The minimum atomic E-state index is -0.149. The van der Waals surface area contributed by atoms with E-state index in [1.54, 1.807) is 0 Å². The van der Waals surface area contributed by atoms with Gasteiger partial charge in [0.1, 0.15) is 17.3 Å². The summed E-state index contributed by atoms with van der Waals surface area (Å²) in [4.78, 5) is 4.92. The molecule has 5 nitrogen and oxygen atoms in total. The maximum Gasteiger partial charge on any atom is 0.269 e. The standard InChI is InChI=1S/C66H58N4O/c1-64(2,3)43-30-28-42(29-31-43)49-25-17-26-56-52-22-12-10-20-50(52)51-21-11-13-23-53(51)57-36-45(66(7,8)9)37-60-63(57)69(62(49)56)41-68(60)46-18-16-19-47(39-46)71-48-32-33-55-54-24-14-15-27-58(54)70(59(55)40-48)61-38-44(34-35-67-61)65(4,5)6/h10-40H,1-9H3. The van der Waals surface area contributed by atoms with Crippen molar-refractivity contribution < 1.29 is 9.30 Å². The van der Waals surface area contributed by atoms with E-state index in [0.717, 1.165) is 78.4 Å². The lowest BCUT2D eigenvalue weighted by Crippen LogP contribution is -2.32. The highest BCUT2D eigenvalue weighted by molar-refractivity contribution is 6.09. The second-order valence-electron chi connectivity index (χ2n) is 22.3. The van der Waals surface area contributed by atoms with Gasteiger partial charge in [-0.3, -0.25) is 13.7 Å². The second kappa shape index (κ2) is 16.3. The van der Waals surface area contributed by atoms with Crippen LogP contribution in [0.2, 0.25) is 0 Å². The summed E-state index contributed by atoms with van der Waals surface area (Å²) in [5, 5.41) is 2.32. The van der Waals surface area contributed by atoms with E-state index in [1.807, 2.05) is 12.3 Å². The lowest BCUT2D eigenvalue weighted by atomic mass is 9.83. The Hall–Kier alpha value is -8.02. The zero-order chi connectivity index (χ0) is 49.0. The zero-order valence-electron chi connectivity index (χ0n) is 42.1. The molecule has 0 aliphatic carbocycles. The lowest BCUT2D eigenvalue weighted by Gasteiger charge is -2.23. The van der Waals surface area contributed by atoms with Gasteiger partial charge in [-0.15, -0.1) is 0 Å². The van der Waals surface area contributed by atoms with Gasteiger partial charge in [0.15, 0.2) is 0 Å². The summed E-state index contributed by atoms with van der Waals surface area (Å²) in [5.74, 6) is 2.36. The first-order valence-electron chi connectivity index (χ1n) is 24.9. The maximum absolute atomic E-state index is 6.91. The second-order valence-corrected chi connectivity index (χ2v) is 22.3. The molecule has 3 aromatic heterocycles. The number of rotatable bonds is 5. The van der Waals surface area contributed by atoms with Gasteiger partial charge in [0.25, 0.3) is 6.33 Å². The summed E-state index contributed by atoms with van der Waals surface area (Å²) in [6.07, 6.45) is 5.95. The van der Waals surface area contributed by atoms with Gasteiger partial charge in [-0.1, -0.05) is 184 Å². The van der Waals surface area contributed by atoms with Crippen LogP contribution in [0.3, 0.4) is 0 Å². The smallest absolute Gasteiger partial charge is 0.269 e. The van der Waals surface area contributed by atoms with E-state index in [1.165, 1.54) is 44.3 Å². The summed E-state index contributed by atoms with van der Waals surface area (Å²) in [7, 11) is 0. The minimum Gasteiger partial charge on any atom is -0.458 e. The van der Waals surface area contributed by atoms with E-state index in [9.17, 15) is 0 Å². The molecule has 1 aliphatic rings. The molecule has 8 aromatic carbocycles. The number of benzene rings is 8. The fourth-order valence-corrected chi connectivity index (χ4v) is 10.6. The number of fused-ring (bicyclic) bond motifs is 10. The number of ether oxygens (including phenoxy) is 1. The van der Waals surface area contributed by atoms with E-state index in [-0.39, 0.29) is 16.2 Å². The van der Waals surface area contributed by atoms with Crippen LogP contribution in [0.15, 0.2) is 188 Å². The van der Waals surface area contributed by atoms with Gasteiger partial charge in [-0.05, 0) is 132 Å². The van der Waals surface area contributed by atoms with Crippen LogP contribution >= 0.6 is 0 Å². The van der Waals surface area contributed by atoms with Gasteiger partial charge in [-0.2, -0.15) is 0 Å². The van der Waals surface area contributed by atoms with Crippen molar-refractivity contribution in [3.63, 3.8) is 0 Å². The van der Waals surface area contributed by atoms with Gasteiger partial charge in [0.05, 0.1) is 33.4 Å². The van der Waals surface area contributed by atoms with Crippen LogP contribution in [0.25, 0.3) is 94.5 Å². The Balaban J connectivity index is 1.07. The molecule has 348 valence electrons. The highest BCUT2D eigenvalue weighted by atomic mass is 16.5. The number of imidazole rings is 1. The van der Waals surface area contributed by atoms with E-state index in [0.29, 0.717) is 0 Å². The zero-order valence-corrected chi connectivity index (χ0v) is 42.1. The minimum absolute atomic E-state index is 0.0250. The Morgan fingerprint density at radius 2 is 1.03 bits per heavy atom. The van der Waals surface area contributed by atoms with Gasteiger partial charge < -0.3 is 4.74 Å². The van der Waals surface area contributed by atoms with Gasteiger partial charge >= 0.3 is 0 Å². The molecule has 0 saturated carbocycles. The molecule has 4 heterocycles. The maximum atomic E-state index is 6.91. The largest absolute Gasteiger partial charge is 0.458 e. The first-order valence-corrected chi connectivity index (χ1v) is 24.9. The lowest BCUT2D eigenvalue weighted by molar-refractivity contribution is -0.570. The average Bonchev–Trinajstić information content (AvgIpc) is 3.92. The molecule has 12 rings (SSSR count). The van der Waals surface area contributed by atoms with Gasteiger partial charge in [0.2, 0.25) is 0 Å². The number of pyridine rings is 1. The SMILES string of the molecule is CC(C)(C)c1ccc(-c2cccc3c2-[n+]2[c-]n(-c4cccc(Oc5ccc6c7ccccc7n(-c7cc(C(C)(C)C)ccn7)c6c5)c4)c4cc(C(C)(C)C)cc(c42)-c2ccccc2-c2ccccc2-3)cc1. The predicted molar refractivity (Wildman–Crippen MR) is 294 cm³/mol. The van der Waals surface area contributed by atoms with Crippen molar-refractivity contribution in [2.75, 3.05) is 0 Å². The Bertz CT molecular complexity index is 3900. The molecule has 0 bridgehead atoms. The number of aromatic nitrogens is 4. The van der Waals surface area contributed by atoms with Crippen molar-refractivity contribution in [2.45, 2.75) is 78.6 Å². The quantitative estimate of drug-likeness (QED) is 0.127. The van der Waals surface area contributed by atoms with E-state index in [4.69, 9.17) is 9.72 Å². The first kappa shape index (κ1) is 44.2. The number of hydrogen-bond acceptors (Lipinski definition) is 2. The molecule has 11 aromatic rings. The molecule has 0 unspecified atom stereocenters. The van der Waals surface area contributed by atoms with Crippen LogP contribution in [0, 0.1) is 6.33 Å². The van der Waals surface area contributed by atoms with Gasteiger partial charge in [-0.25, -0.2) is 4.98 Å². The summed E-state index contributed by atoms with van der Waals surface area (Å²) in [6, 6.07) is 66.3. The summed E-state index contributed by atoms with van der Waals surface area (Å²) >= 11 is 0. The van der Waals surface area contributed by atoms with Crippen molar-refractivity contribution in [1.29, 1.82) is 0 Å². The number of nitrogens with zero attached hydrogens (tertiary/aromatic N) is 4. The van der Waals surface area contributed by atoms with E-state index < -0.39 is 0 Å². The normalized spacial score (nSPS) is 12.6. The molecular weight excluding hydrogens is 865 g/mol. The predicted octanol–water partition coefficient (Wildman–Crippen LogP) is 16.9. The fourth-order valence-electron chi connectivity index (χ4n) is 10.6. The third-order valence-electron chi connectivity index (χ3n) is 14.5. The number of para-hydroxylation sites is 2. The first-order chi connectivity index (χ1) is 34.1. The summed E-state index contributed by atoms with van der Waals surface area (Å²) in [6.45, 7) is 20.5. The Kier molecular flexibility index (Phi) is 10.1. The van der Waals surface area contributed by atoms with Crippen LogP contribution in [-0.4, -0.2) is 14.1 Å². The van der Waals surface area contributed by atoms with Crippen LogP contribution < -0.4 is 9.30 Å². The molecule has 0 saturated heterocycles. The van der Waals surface area contributed by atoms with Crippen molar-refractivity contribution in [3.05, 3.63) is 211 Å². The molecule has 1 aliphatic heterocycles. The highest BCUT2D eigenvalue weighted by Crippen LogP contribution is 2.46. The van der Waals surface area contributed by atoms with E-state index in [2.05, 4.69) is 258 Å². The summed E-state index contributed by atoms with van der Waals surface area (Å²) < 4.78 is 13.8. The molecule has 0 spiro atoms. The van der Waals surface area contributed by atoms with Crippen LogP contribution in [0.1, 0.15) is 79.0 Å². The van der Waals surface area contributed by atoms with Crippen molar-refractivity contribution in [3.8, 4) is 73.2 Å².